The average molecular weight is 436 g/mol. The van der Waals surface area contributed by atoms with Gasteiger partial charge in [0.2, 0.25) is 0 Å². The molecule has 2 aliphatic rings. The lowest BCUT2D eigenvalue weighted by molar-refractivity contribution is 0.0968. The number of hydrogen-bond acceptors (Lipinski definition) is 2. The Hall–Kier alpha value is -0.0800. The summed E-state index contributed by atoms with van der Waals surface area (Å²) in [4.78, 5) is 0. The molecular weight excluding hydrogens is 366 g/mol. The van der Waals surface area contributed by atoms with Gasteiger partial charge >= 0.3 is 0 Å². The Morgan fingerprint density at radius 1 is 0.433 bits per heavy atom. The maximum absolute atomic E-state index is 5.07. The highest BCUT2D eigenvalue weighted by molar-refractivity contribution is 4.55. The molecule has 0 aromatic heterocycles. The van der Waals surface area contributed by atoms with E-state index < -0.39 is 0 Å². The topological polar surface area (TPSA) is 21.3 Å². The first-order chi connectivity index (χ1) is 14.0. The summed E-state index contributed by atoms with van der Waals surface area (Å²) in [5, 5.41) is 3.28. The van der Waals surface area contributed by atoms with Gasteiger partial charge in [-0.1, -0.05) is 117 Å². The van der Waals surface area contributed by atoms with E-state index in [4.69, 9.17) is 4.74 Å². The Morgan fingerprint density at radius 3 is 0.733 bits per heavy atom. The number of piperidine rings is 1. The molecule has 0 aromatic rings. The molecule has 0 aromatic carbocycles. The highest BCUT2D eigenvalue weighted by Gasteiger charge is 1.96. The van der Waals surface area contributed by atoms with Crippen molar-refractivity contribution in [1.29, 1.82) is 0 Å². The molecule has 0 bridgehead atoms. The van der Waals surface area contributed by atoms with Crippen LogP contribution in [0.25, 0.3) is 0 Å². The van der Waals surface area contributed by atoms with Gasteiger partial charge in [0.25, 0.3) is 0 Å². The van der Waals surface area contributed by atoms with E-state index in [-0.39, 0.29) is 0 Å². The van der Waals surface area contributed by atoms with Gasteiger partial charge in [0.05, 0.1) is 0 Å². The summed E-state index contributed by atoms with van der Waals surface area (Å²) in [5.74, 6) is 0. The van der Waals surface area contributed by atoms with E-state index in [0.717, 1.165) is 13.2 Å². The molecule has 2 aliphatic heterocycles. The van der Waals surface area contributed by atoms with Gasteiger partial charge < -0.3 is 10.1 Å². The minimum atomic E-state index is 0.500. The van der Waals surface area contributed by atoms with Gasteiger partial charge in [-0.2, -0.15) is 0 Å². The van der Waals surface area contributed by atoms with Crippen molar-refractivity contribution in [2.45, 2.75) is 149 Å². The Bertz CT molecular complexity index is 147. The fourth-order valence-electron chi connectivity index (χ4n) is 1.49. The maximum Gasteiger partial charge on any atom is 0.0466 e. The molecule has 0 aliphatic carbocycles. The second kappa shape index (κ2) is 39.4. The van der Waals surface area contributed by atoms with Crippen LogP contribution in [0.2, 0.25) is 0 Å². The van der Waals surface area contributed by atoms with Gasteiger partial charge in [0.1, 0.15) is 0 Å². The Kier molecular flexibility index (Phi) is 57.4. The van der Waals surface area contributed by atoms with Crippen LogP contribution in [-0.4, -0.2) is 26.3 Å². The molecule has 0 radical (unpaired) electrons. The fraction of sp³-hybridized carbons (Fsp3) is 1.00. The van der Waals surface area contributed by atoms with Gasteiger partial charge in [-0.25, -0.2) is 0 Å². The summed E-state index contributed by atoms with van der Waals surface area (Å²) in [5.41, 5.74) is 1.00. The summed E-state index contributed by atoms with van der Waals surface area (Å²) >= 11 is 0. The minimum Gasteiger partial charge on any atom is -0.381 e. The first-order valence-corrected chi connectivity index (χ1v) is 13.3. The lowest BCUT2D eigenvalue weighted by Gasteiger charge is -2.08. The maximum atomic E-state index is 5.07. The van der Waals surface area contributed by atoms with Crippen LogP contribution in [0.5, 0.6) is 0 Å². The quantitative estimate of drug-likeness (QED) is 0.408. The van der Waals surface area contributed by atoms with Gasteiger partial charge in [-0.3, -0.25) is 0 Å². The van der Waals surface area contributed by atoms with Crippen LogP contribution in [0.4, 0.5) is 0 Å². The zero-order chi connectivity index (χ0) is 25.5. The Labute approximate surface area is 196 Å². The highest BCUT2D eigenvalue weighted by Crippen LogP contribution is 2.08. The van der Waals surface area contributed by atoms with E-state index in [1.54, 1.807) is 0 Å². The number of hydrogen-bond donors (Lipinski definition) is 1. The van der Waals surface area contributed by atoms with Crippen LogP contribution in [0.1, 0.15) is 149 Å². The van der Waals surface area contributed by atoms with E-state index in [1.165, 1.54) is 51.6 Å². The zero-order valence-electron chi connectivity index (χ0n) is 25.0. The molecular formula is C28H69NO. The van der Waals surface area contributed by atoms with Crippen molar-refractivity contribution in [3.05, 3.63) is 0 Å². The molecule has 2 fully saturated rings. The smallest absolute Gasteiger partial charge is 0.0466 e. The van der Waals surface area contributed by atoms with Crippen LogP contribution in [0, 0.1) is 10.8 Å². The average Bonchev–Trinajstić information content (AvgIpc) is 2.75. The van der Waals surface area contributed by atoms with Gasteiger partial charge in [0, 0.05) is 13.2 Å². The second-order valence-corrected chi connectivity index (χ2v) is 9.48. The van der Waals surface area contributed by atoms with Gasteiger partial charge in [-0.05, 0) is 56.0 Å². The summed E-state index contributed by atoms with van der Waals surface area (Å²) in [6, 6.07) is 0. The van der Waals surface area contributed by atoms with E-state index in [2.05, 4.69) is 60.7 Å². The molecule has 0 unspecified atom stereocenters. The van der Waals surface area contributed by atoms with Crippen LogP contribution < -0.4 is 5.32 Å². The van der Waals surface area contributed by atoms with Crippen LogP contribution in [0.15, 0.2) is 0 Å². The number of rotatable bonds is 0. The van der Waals surface area contributed by atoms with Crippen molar-refractivity contribution in [2.24, 2.45) is 10.8 Å². The molecule has 2 saturated heterocycles. The fourth-order valence-corrected chi connectivity index (χ4v) is 1.49. The van der Waals surface area contributed by atoms with Gasteiger partial charge in [0.15, 0.2) is 0 Å². The first-order valence-electron chi connectivity index (χ1n) is 13.3. The van der Waals surface area contributed by atoms with Crippen LogP contribution in [0.3, 0.4) is 0 Å². The summed E-state index contributed by atoms with van der Waals surface area (Å²) in [6.07, 6.45) is 8.15. The third kappa shape index (κ3) is 142. The standard InChI is InChI=1S/C5H11N.C5H10O.2C5H12.4C2H6/c2*1-2-4-6-5-3-1;2*1-5(2,3)4;4*1-2/h6H,1-5H2;1-5H2;2*1-4H3;4*1-2H3. The number of ether oxygens (including phenoxy) is 1. The molecule has 192 valence electrons. The van der Waals surface area contributed by atoms with Crippen LogP contribution in [-0.2, 0) is 4.74 Å². The monoisotopic (exact) mass is 436 g/mol. The molecule has 0 saturated carbocycles. The Morgan fingerprint density at radius 2 is 0.667 bits per heavy atom. The molecule has 0 atom stereocenters. The van der Waals surface area contributed by atoms with E-state index in [0.29, 0.717) is 10.8 Å². The van der Waals surface area contributed by atoms with E-state index >= 15 is 0 Å². The lowest BCUT2D eigenvalue weighted by Crippen LogP contribution is -2.21. The molecule has 2 heteroatoms. The third-order valence-electron chi connectivity index (χ3n) is 2.28. The second-order valence-electron chi connectivity index (χ2n) is 9.48. The molecule has 2 nitrogen and oxygen atoms in total. The van der Waals surface area contributed by atoms with Crippen molar-refractivity contribution < 1.29 is 4.74 Å². The summed E-state index contributed by atoms with van der Waals surface area (Å²) < 4.78 is 5.07. The van der Waals surface area contributed by atoms with Crippen molar-refractivity contribution in [2.75, 3.05) is 26.3 Å². The minimum absolute atomic E-state index is 0.500. The normalized spacial score (nSPS) is 14.4. The first kappa shape index (κ1) is 43.7. The molecule has 1 N–H and O–H groups in total. The van der Waals surface area contributed by atoms with E-state index in [1.807, 2.05) is 55.4 Å². The zero-order valence-corrected chi connectivity index (χ0v) is 25.0. The summed E-state index contributed by atoms with van der Waals surface area (Å²) in [6.45, 7) is 38.0. The number of nitrogens with one attached hydrogen (secondary N) is 1. The predicted molar refractivity (Wildman–Crippen MR) is 147 cm³/mol. The highest BCUT2D eigenvalue weighted by atomic mass is 16.5. The Balaban J connectivity index is -0.0000000578. The molecule has 0 amide bonds. The molecule has 30 heavy (non-hydrogen) atoms. The van der Waals surface area contributed by atoms with E-state index in [9.17, 15) is 0 Å². The predicted octanol–water partition coefficient (Wildman–Crippen LogP) is 10.2. The lowest BCUT2D eigenvalue weighted by atomic mass is 10.0. The largest absolute Gasteiger partial charge is 0.381 e. The van der Waals surface area contributed by atoms with Crippen molar-refractivity contribution in [3.63, 3.8) is 0 Å². The van der Waals surface area contributed by atoms with Crippen molar-refractivity contribution in [3.8, 4) is 0 Å². The molecule has 2 heterocycles. The van der Waals surface area contributed by atoms with Gasteiger partial charge in [-0.15, -0.1) is 0 Å². The van der Waals surface area contributed by atoms with Crippen molar-refractivity contribution in [1.82, 2.24) is 5.32 Å². The molecule has 0 spiro atoms. The SMILES string of the molecule is C1CCNCC1.C1CCOCC1.CC.CC.CC.CC.CC(C)(C)C.CC(C)(C)C. The third-order valence-corrected chi connectivity index (χ3v) is 2.28. The summed E-state index contributed by atoms with van der Waals surface area (Å²) in [7, 11) is 0. The molecule has 2 rings (SSSR count). The van der Waals surface area contributed by atoms with Crippen LogP contribution >= 0.6 is 0 Å². The van der Waals surface area contributed by atoms with Crippen molar-refractivity contribution >= 4 is 0 Å².